The lowest BCUT2D eigenvalue weighted by molar-refractivity contribution is 0.526. The average molecular weight is 286 g/mol. The summed E-state index contributed by atoms with van der Waals surface area (Å²) in [5.41, 5.74) is 2.92. The predicted molar refractivity (Wildman–Crippen MR) is 87.7 cm³/mol. The Morgan fingerprint density at radius 2 is 2.15 bits per heavy atom. The van der Waals surface area contributed by atoms with Gasteiger partial charge in [-0.15, -0.1) is 11.3 Å². The van der Waals surface area contributed by atoms with Gasteiger partial charge in [0.1, 0.15) is 0 Å². The summed E-state index contributed by atoms with van der Waals surface area (Å²) < 4.78 is 0. The van der Waals surface area contributed by atoms with E-state index in [2.05, 4.69) is 58.9 Å². The summed E-state index contributed by atoms with van der Waals surface area (Å²) in [5, 5.41) is 5.49. The number of para-hydroxylation sites is 1. The third-order valence-corrected chi connectivity index (χ3v) is 5.11. The van der Waals surface area contributed by atoms with Crippen molar-refractivity contribution in [3.8, 4) is 0 Å². The molecule has 1 aromatic heterocycles. The van der Waals surface area contributed by atoms with Crippen molar-refractivity contribution in [1.82, 2.24) is 5.32 Å². The Bertz CT molecular complexity index is 550. The van der Waals surface area contributed by atoms with Gasteiger partial charge in [0.25, 0.3) is 0 Å². The topological polar surface area (TPSA) is 15.3 Å². The Labute approximate surface area is 125 Å². The van der Waals surface area contributed by atoms with E-state index in [1.807, 2.05) is 18.4 Å². The van der Waals surface area contributed by atoms with Crippen LogP contribution in [-0.2, 0) is 6.42 Å². The van der Waals surface area contributed by atoms with Crippen LogP contribution in [0.5, 0.6) is 0 Å². The molecule has 0 spiro atoms. The lowest BCUT2D eigenvalue weighted by Gasteiger charge is -2.34. The third-order valence-electron chi connectivity index (χ3n) is 4.14. The molecule has 0 radical (unpaired) electrons. The van der Waals surface area contributed by atoms with Crippen LogP contribution < -0.4 is 10.2 Å². The molecule has 106 valence electrons. The smallest absolute Gasteiger partial charge is 0.0650 e. The molecule has 2 nitrogen and oxygen atoms in total. The van der Waals surface area contributed by atoms with E-state index in [1.54, 1.807) is 0 Å². The summed E-state index contributed by atoms with van der Waals surface area (Å²) in [7, 11) is 2.03. The van der Waals surface area contributed by atoms with Gasteiger partial charge in [0.2, 0.25) is 0 Å². The van der Waals surface area contributed by atoms with E-state index < -0.39 is 0 Å². The zero-order valence-electron chi connectivity index (χ0n) is 12.2. The van der Waals surface area contributed by atoms with Crippen LogP contribution in [0.25, 0.3) is 0 Å². The maximum absolute atomic E-state index is 3.30. The molecule has 2 unspecified atom stereocenters. The minimum Gasteiger partial charge on any atom is -0.360 e. The summed E-state index contributed by atoms with van der Waals surface area (Å²) in [6.45, 7) is 3.40. The molecule has 1 aliphatic heterocycles. The number of benzene rings is 1. The second-order valence-electron chi connectivity index (χ2n) is 5.51. The second kappa shape index (κ2) is 5.98. The number of rotatable bonds is 5. The molecule has 20 heavy (non-hydrogen) atoms. The van der Waals surface area contributed by atoms with Crippen LogP contribution >= 0.6 is 11.3 Å². The molecule has 2 aromatic rings. The van der Waals surface area contributed by atoms with E-state index in [0.29, 0.717) is 12.1 Å². The summed E-state index contributed by atoms with van der Waals surface area (Å²) >= 11 is 1.88. The fraction of sp³-hybridized carbons (Fsp3) is 0.412. The van der Waals surface area contributed by atoms with E-state index in [4.69, 9.17) is 0 Å². The molecule has 0 amide bonds. The molecule has 0 bridgehead atoms. The molecule has 2 heterocycles. The van der Waals surface area contributed by atoms with Crippen LogP contribution in [0.15, 0.2) is 41.8 Å². The van der Waals surface area contributed by atoms with E-state index in [9.17, 15) is 0 Å². The van der Waals surface area contributed by atoms with Crippen molar-refractivity contribution >= 4 is 17.0 Å². The largest absolute Gasteiger partial charge is 0.360 e. The van der Waals surface area contributed by atoms with Crippen molar-refractivity contribution in [2.45, 2.75) is 31.8 Å². The molecule has 0 saturated heterocycles. The second-order valence-corrected chi connectivity index (χ2v) is 6.49. The number of nitrogens with one attached hydrogen (secondary N) is 1. The molecule has 0 saturated carbocycles. The normalized spacial score (nSPS) is 19.1. The molecule has 0 fully saturated rings. The molecule has 3 rings (SSSR count). The first-order chi connectivity index (χ1) is 9.81. The van der Waals surface area contributed by atoms with Crippen LogP contribution in [0, 0.1) is 0 Å². The van der Waals surface area contributed by atoms with Gasteiger partial charge in [0, 0.05) is 16.6 Å². The molecular formula is C17H22N2S. The van der Waals surface area contributed by atoms with E-state index in [0.717, 1.165) is 19.4 Å². The highest BCUT2D eigenvalue weighted by Crippen LogP contribution is 2.40. The van der Waals surface area contributed by atoms with Crippen LogP contribution in [-0.4, -0.2) is 19.6 Å². The highest BCUT2D eigenvalue weighted by molar-refractivity contribution is 7.10. The van der Waals surface area contributed by atoms with Crippen molar-refractivity contribution in [2.75, 3.05) is 18.5 Å². The molecule has 1 aromatic carbocycles. The Morgan fingerprint density at radius 3 is 2.90 bits per heavy atom. The van der Waals surface area contributed by atoms with Crippen LogP contribution in [0.2, 0.25) is 0 Å². The van der Waals surface area contributed by atoms with Crippen molar-refractivity contribution < 1.29 is 0 Å². The maximum Gasteiger partial charge on any atom is 0.0650 e. The van der Waals surface area contributed by atoms with Crippen molar-refractivity contribution in [2.24, 2.45) is 0 Å². The van der Waals surface area contributed by atoms with Crippen molar-refractivity contribution in [3.05, 3.63) is 52.2 Å². The number of hydrogen-bond acceptors (Lipinski definition) is 3. The lowest BCUT2D eigenvalue weighted by atomic mass is 10.1. The standard InChI is InChI=1S/C17H22N2S/c1-13-12-14-6-3-4-7-15(14)19(13)16(9-10-18-2)17-8-5-11-20-17/h3-8,11,13,16,18H,9-10,12H2,1-2H3. The van der Waals surface area contributed by atoms with Crippen molar-refractivity contribution in [1.29, 1.82) is 0 Å². The molecule has 1 N–H and O–H groups in total. The fourth-order valence-electron chi connectivity index (χ4n) is 3.24. The van der Waals surface area contributed by atoms with Gasteiger partial charge in [-0.3, -0.25) is 0 Å². The first kappa shape index (κ1) is 13.7. The fourth-order valence-corrected chi connectivity index (χ4v) is 4.10. The number of anilines is 1. The third kappa shape index (κ3) is 2.48. The highest BCUT2D eigenvalue weighted by Gasteiger charge is 2.32. The number of fused-ring (bicyclic) bond motifs is 1. The van der Waals surface area contributed by atoms with E-state index in [1.165, 1.54) is 16.1 Å². The van der Waals surface area contributed by atoms with Gasteiger partial charge >= 0.3 is 0 Å². The van der Waals surface area contributed by atoms with Gasteiger partial charge in [-0.25, -0.2) is 0 Å². The number of hydrogen-bond donors (Lipinski definition) is 1. The Balaban J connectivity index is 1.94. The van der Waals surface area contributed by atoms with E-state index >= 15 is 0 Å². The van der Waals surface area contributed by atoms with E-state index in [-0.39, 0.29) is 0 Å². The van der Waals surface area contributed by atoms with Crippen LogP contribution in [0.1, 0.15) is 29.8 Å². The Morgan fingerprint density at radius 1 is 1.30 bits per heavy atom. The summed E-state index contributed by atoms with van der Waals surface area (Å²) in [4.78, 5) is 4.10. The monoisotopic (exact) mass is 286 g/mol. The van der Waals surface area contributed by atoms with Crippen LogP contribution in [0.3, 0.4) is 0 Å². The van der Waals surface area contributed by atoms with Gasteiger partial charge in [0.15, 0.2) is 0 Å². The van der Waals surface area contributed by atoms with Gasteiger partial charge < -0.3 is 10.2 Å². The molecule has 1 aliphatic rings. The molecule has 0 aliphatic carbocycles. The maximum atomic E-state index is 3.30. The van der Waals surface area contributed by atoms with Gasteiger partial charge in [-0.05, 0) is 56.4 Å². The Kier molecular flexibility index (Phi) is 4.08. The SMILES string of the molecule is CNCCC(c1cccs1)N1c2ccccc2CC1C. The zero-order valence-corrected chi connectivity index (χ0v) is 13.0. The highest BCUT2D eigenvalue weighted by atomic mass is 32.1. The molecule has 2 atom stereocenters. The predicted octanol–water partition coefficient (Wildman–Crippen LogP) is 3.85. The summed E-state index contributed by atoms with van der Waals surface area (Å²) in [5.74, 6) is 0. The average Bonchev–Trinajstić information content (AvgIpc) is 3.08. The molecule has 3 heteroatoms. The zero-order chi connectivity index (χ0) is 13.9. The Hall–Kier alpha value is -1.32. The minimum absolute atomic E-state index is 0.487. The minimum atomic E-state index is 0.487. The summed E-state index contributed by atoms with van der Waals surface area (Å²) in [6.07, 6.45) is 2.31. The van der Waals surface area contributed by atoms with Gasteiger partial charge in [-0.1, -0.05) is 24.3 Å². The number of nitrogens with zero attached hydrogens (tertiary/aromatic N) is 1. The summed E-state index contributed by atoms with van der Waals surface area (Å²) in [6, 6.07) is 14.4. The van der Waals surface area contributed by atoms with Gasteiger partial charge in [-0.2, -0.15) is 0 Å². The first-order valence-electron chi connectivity index (χ1n) is 7.35. The molecular weight excluding hydrogens is 264 g/mol. The van der Waals surface area contributed by atoms with Crippen molar-refractivity contribution in [3.63, 3.8) is 0 Å². The first-order valence-corrected chi connectivity index (χ1v) is 8.23. The number of thiophene rings is 1. The van der Waals surface area contributed by atoms with Crippen LogP contribution in [0.4, 0.5) is 5.69 Å². The quantitative estimate of drug-likeness (QED) is 0.898. The lowest BCUT2D eigenvalue weighted by Crippen LogP contribution is -2.34. The van der Waals surface area contributed by atoms with Gasteiger partial charge in [0.05, 0.1) is 6.04 Å².